The number of nitrogen functional groups attached to an aromatic ring is 1. The summed E-state index contributed by atoms with van der Waals surface area (Å²) in [6, 6.07) is 13.2. The first kappa shape index (κ1) is 21.9. The van der Waals surface area contributed by atoms with Crippen LogP contribution in [0.25, 0.3) is 0 Å². The first-order valence-electron chi connectivity index (χ1n) is 9.65. The molecule has 7 nitrogen and oxygen atoms in total. The number of thiophene rings is 1. The summed E-state index contributed by atoms with van der Waals surface area (Å²) < 4.78 is 0.844. The van der Waals surface area contributed by atoms with Gasteiger partial charge in [0.2, 0.25) is 5.78 Å². The lowest BCUT2D eigenvalue weighted by atomic mass is 9.79. The Morgan fingerprint density at radius 1 is 1.16 bits per heavy atom. The maximum absolute atomic E-state index is 13.2. The lowest BCUT2D eigenvalue weighted by Gasteiger charge is -2.28. The van der Waals surface area contributed by atoms with Gasteiger partial charge in [0.1, 0.15) is 4.88 Å². The van der Waals surface area contributed by atoms with E-state index in [1.165, 1.54) is 24.3 Å². The summed E-state index contributed by atoms with van der Waals surface area (Å²) in [5.74, 6) is -1.23. The number of Topliss-reactive ketones (excluding diaryl/α,β-unsaturated/α-hetero) is 1. The minimum atomic E-state index is -0.756. The van der Waals surface area contributed by atoms with E-state index in [0.29, 0.717) is 37.8 Å². The van der Waals surface area contributed by atoms with Crippen molar-refractivity contribution in [3.05, 3.63) is 96.0 Å². The highest BCUT2D eigenvalue weighted by Gasteiger charge is 2.38. The summed E-state index contributed by atoms with van der Waals surface area (Å²) in [4.78, 5) is 37.4. The molecule has 0 saturated heterocycles. The van der Waals surface area contributed by atoms with E-state index < -0.39 is 10.8 Å². The number of nitrogens with two attached hydrogens (primary N) is 1. The van der Waals surface area contributed by atoms with E-state index in [2.05, 4.69) is 21.2 Å². The van der Waals surface area contributed by atoms with Gasteiger partial charge >= 0.3 is 0 Å². The maximum Gasteiger partial charge on any atom is 0.273 e. The van der Waals surface area contributed by atoms with Gasteiger partial charge in [-0.25, -0.2) is 0 Å². The molecule has 0 amide bonds. The van der Waals surface area contributed by atoms with E-state index in [1.54, 1.807) is 49.4 Å². The molecule has 0 fully saturated rings. The van der Waals surface area contributed by atoms with Crippen LogP contribution in [0.15, 0.2) is 64.3 Å². The number of nitrogens with one attached hydrogen (secondary N) is 1. The SMILES string of the molecule is CC(=O)C1=C(C)Nc2sc(C(=O)c3ccc(Br)cc3)c(N)c2C1c1ccccc1[N+](=O)[O-]. The van der Waals surface area contributed by atoms with Crippen molar-refractivity contribution >= 4 is 55.2 Å². The number of anilines is 2. The van der Waals surface area contributed by atoms with Gasteiger partial charge in [0.05, 0.1) is 21.5 Å². The minimum Gasteiger partial charge on any atom is -0.397 e. The van der Waals surface area contributed by atoms with E-state index in [4.69, 9.17) is 5.73 Å². The van der Waals surface area contributed by atoms with E-state index in [1.807, 2.05) is 0 Å². The molecule has 0 spiro atoms. The molecule has 1 aliphatic heterocycles. The molecule has 3 N–H and O–H groups in total. The van der Waals surface area contributed by atoms with Crippen LogP contribution in [0, 0.1) is 10.1 Å². The molecule has 9 heteroatoms. The van der Waals surface area contributed by atoms with Crippen LogP contribution in [0.5, 0.6) is 0 Å². The Labute approximate surface area is 196 Å². The Balaban J connectivity index is 1.94. The molecule has 0 bridgehead atoms. The predicted molar refractivity (Wildman–Crippen MR) is 128 cm³/mol. The second-order valence-corrected chi connectivity index (χ2v) is 9.33. The molecular weight excluding hydrogens is 494 g/mol. The fourth-order valence-electron chi connectivity index (χ4n) is 4.01. The van der Waals surface area contributed by atoms with Crippen LogP contribution in [0.1, 0.15) is 46.1 Å². The van der Waals surface area contributed by atoms with Crippen LogP contribution in [0.4, 0.5) is 16.4 Å². The predicted octanol–water partition coefficient (Wildman–Crippen LogP) is 5.65. The van der Waals surface area contributed by atoms with Gasteiger partial charge < -0.3 is 11.1 Å². The number of para-hydroxylation sites is 1. The zero-order chi connectivity index (χ0) is 23.2. The first-order chi connectivity index (χ1) is 15.2. The van der Waals surface area contributed by atoms with Gasteiger partial charge in [0.15, 0.2) is 5.78 Å². The third-order valence-electron chi connectivity index (χ3n) is 5.40. The van der Waals surface area contributed by atoms with Gasteiger partial charge in [-0.1, -0.05) is 34.1 Å². The maximum atomic E-state index is 13.2. The largest absolute Gasteiger partial charge is 0.397 e. The van der Waals surface area contributed by atoms with Crippen LogP contribution in [-0.2, 0) is 4.79 Å². The van der Waals surface area contributed by atoms with Crippen molar-refractivity contribution in [3.63, 3.8) is 0 Å². The van der Waals surface area contributed by atoms with Crippen LogP contribution in [-0.4, -0.2) is 16.5 Å². The average Bonchev–Trinajstić information content (AvgIpc) is 3.08. The van der Waals surface area contributed by atoms with Crippen molar-refractivity contribution in [2.75, 3.05) is 11.1 Å². The third kappa shape index (κ3) is 3.63. The van der Waals surface area contributed by atoms with Crippen LogP contribution >= 0.6 is 27.3 Å². The number of nitro groups is 1. The number of hydrogen-bond acceptors (Lipinski definition) is 7. The lowest BCUT2D eigenvalue weighted by molar-refractivity contribution is -0.385. The van der Waals surface area contributed by atoms with E-state index in [-0.39, 0.29) is 22.9 Å². The summed E-state index contributed by atoms with van der Waals surface area (Å²) in [7, 11) is 0. The number of allylic oxidation sites excluding steroid dienone is 2. The smallest absolute Gasteiger partial charge is 0.273 e. The first-order valence-corrected chi connectivity index (χ1v) is 11.3. The zero-order valence-electron chi connectivity index (χ0n) is 17.1. The molecule has 0 aliphatic carbocycles. The Morgan fingerprint density at radius 2 is 1.81 bits per heavy atom. The summed E-state index contributed by atoms with van der Waals surface area (Å²) in [6.07, 6.45) is 0. The van der Waals surface area contributed by atoms with Gasteiger partial charge in [-0.05, 0) is 38.1 Å². The lowest BCUT2D eigenvalue weighted by Crippen LogP contribution is -2.22. The van der Waals surface area contributed by atoms with Crippen molar-refractivity contribution in [3.8, 4) is 0 Å². The monoisotopic (exact) mass is 511 g/mol. The average molecular weight is 512 g/mol. The van der Waals surface area contributed by atoms with Crippen LogP contribution < -0.4 is 11.1 Å². The van der Waals surface area contributed by atoms with Gasteiger partial charge in [-0.15, -0.1) is 11.3 Å². The molecular formula is C23H18BrN3O4S. The summed E-state index contributed by atoms with van der Waals surface area (Å²) in [6.45, 7) is 3.16. The molecule has 32 heavy (non-hydrogen) atoms. The summed E-state index contributed by atoms with van der Waals surface area (Å²) in [5.41, 5.74) is 8.92. The number of fused-ring (bicyclic) bond motifs is 1. The number of hydrogen-bond donors (Lipinski definition) is 2. The fourth-order valence-corrected chi connectivity index (χ4v) is 5.45. The van der Waals surface area contributed by atoms with Crippen molar-refractivity contribution in [2.45, 2.75) is 19.8 Å². The summed E-state index contributed by atoms with van der Waals surface area (Å²) in [5, 5.41) is 15.5. The van der Waals surface area contributed by atoms with E-state index in [0.717, 1.165) is 4.47 Å². The van der Waals surface area contributed by atoms with Crippen molar-refractivity contribution in [1.29, 1.82) is 0 Å². The van der Waals surface area contributed by atoms with Gasteiger partial charge in [-0.2, -0.15) is 0 Å². The number of ketones is 2. The Hall–Kier alpha value is -3.30. The highest BCUT2D eigenvalue weighted by molar-refractivity contribution is 9.10. The van der Waals surface area contributed by atoms with Gasteiger partial charge in [-0.3, -0.25) is 19.7 Å². The van der Waals surface area contributed by atoms with E-state index >= 15 is 0 Å². The summed E-state index contributed by atoms with van der Waals surface area (Å²) >= 11 is 4.54. The Morgan fingerprint density at radius 3 is 2.44 bits per heavy atom. The van der Waals surface area contributed by atoms with Crippen molar-refractivity contribution in [2.24, 2.45) is 0 Å². The molecule has 1 aromatic heterocycles. The zero-order valence-corrected chi connectivity index (χ0v) is 19.5. The number of halogens is 1. The Bertz CT molecular complexity index is 1310. The number of nitrogens with zero attached hydrogens (tertiary/aromatic N) is 1. The number of carbonyl (C=O) groups excluding carboxylic acids is 2. The van der Waals surface area contributed by atoms with Gasteiger partial charge in [0.25, 0.3) is 5.69 Å². The molecule has 0 saturated carbocycles. The molecule has 1 unspecified atom stereocenters. The fraction of sp³-hybridized carbons (Fsp3) is 0.130. The molecule has 4 rings (SSSR count). The molecule has 2 aromatic carbocycles. The molecule has 3 aromatic rings. The second kappa shape index (κ2) is 8.33. The molecule has 2 heterocycles. The van der Waals surface area contributed by atoms with Crippen molar-refractivity contribution in [1.82, 2.24) is 0 Å². The van der Waals surface area contributed by atoms with E-state index in [9.17, 15) is 19.7 Å². The number of carbonyl (C=O) groups is 2. The molecule has 0 radical (unpaired) electrons. The standard InChI is InChI=1S/C23H18BrN3O4S/c1-11-17(12(2)28)18(15-5-3-4-6-16(15)27(30)31)19-20(25)22(32-23(19)26-11)21(29)13-7-9-14(24)10-8-13/h3-10,18,26H,25H2,1-2H3. The second-order valence-electron chi connectivity index (χ2n) is 7.39. The van der Waals surface area contributed by atoms with Gasteiger partial charge in [0, 0.05) is 38.5 Å². The highest BCUT2D eigenvalue weighted by atomic mass is 79.9. The van der Waals surface area contributed by atoms with Crippen molar-refractivity contribution < 1.29 is 14.5 Å². The highest BCUT2D eigenvalue weighted by Crippen LogP contribution is 2.51. The number of benzene rings is 2. The normalized spacial score (nSPS) is 15.2. The minimum absolute atomic E-state index is 0.108. The molecule has 1 atom stereocenters. The quantitative estimate of drug-likeness (QED) is 0.259. The van der Waals surface area contributed by atoms with Crippen LogP contribution in [0.2, 0.25) is 0 Å². The third-order valence-corrected chi connectivity index (χ3v) is 7.07. The molecule has 162 valence electrons. The molecule has 1 aliphatic rings. The van der Waals surface area contributed by atoms with Crippen LogP contribution in [0.3, 0.4) is 0 Å². The Kier molecular flexibility index (Phi) is 5.70. The number of rotatable bonds is 5. The number of nitro benzene ring substituents is 1. The topological polar surface area (TPSA) is 115 Å².